The largest absolute Gasteiger partial charge is 0.494 e. The number of carbonyl (C=O) groups is 1. The highest BCUT2D eigenvalue weighted by atomic mass is 19.1. The molecule has 8 nitrogen and oxygen atoms in total. The Morgan fingerprint density at radius 3 is 2.78 bits per heavy atom. The van der Waals surface area contributed by atoms with Crippen LogP contribution in [0, 0.1) is 5.82 Å². The average molecular weight is 505 g/mol. The Bertz CT molecular complexity index is 1320. The lowest BCUT2D eigenvalue weighted by atomic mass is 9.95. The quantitative estimate of drug-likeness (QED) is 0.319. The van der Waals surface area contributed by atoms with Gasteiger partial charge in [0.1, 0.15) is 0 Å². The molecular formula is C28H33FN6O2. The van der Waals surface area contributed by atoms with Crippen LogP contribution in [0.25, 0.3) is 0 Å². The molecule has 1 amide bonds. The van der Waals surface area contributed by atoms with Crippen LogP contribution in [-0.4, -0.2) is 36.5 Å². The number of halogens is 1. The van der Waals surface area contributed by atoms with E-state index in [0.717, 1.165) is 25.1 Å². The second-order valence-corrected chi connectivity index (χ2v) is 9.39. The lowest BCUT2D eigenvalue weighted by molar-refractivity contribution is 0.0950. The van der Waals surface area contributed by atoms with E-state index in [1.807, 2.05) is 6.07 Å². The van der Waals surface area contributed by atoms with Crippen LogP contribution in [0.15, 0.2) is 60.7 Å². The lowest BCUT2D eigenvalue weighted by Gasteiger charge is -2.25. The van der Waals surface area contributed by atoms with Crippen molar-refractivity contribution in [1.29, 1.82) is 0 Å². The van der Waals surface area contributed by atoms with E-state index >= 15 is 4.39 Å². The Morgan fingerprint density at radius 2 is 2.03 bits per heavy atom. The second-order valence-electron chi connectivity index (χ2n) is 9.39. The number of fused-ring (bicyclic) bond motifs is 1. The van der Waals surface area contributed by atoms with E-state index in [9.17, 15) is 4.79 Å². The van der Waals surface area contributed by atoms with Crippen LogP contribution in [0.1, 0.15) is 45.1 Å². The number of amides is 1. The van der Waals surface area contributed by atoms with Crippen LogP contribution >= 0.6 is 0 Å². The van der Waals surface area contributed by atoms with Gasteiger partial charge in [0.15, 0.2) is 11.6 Å². The maximum atomic E-state index is 15.1. The Morgan fingerprint density at radius 1 is 1.22 bits per heavy atom. The highest BCUT2D eigenvalue weighted by Gasteiger charge is 2.19. The van der Waals surface area contributed by atoms with Gasteiger partial charge in [0.25, 0.3) is 5.91 Å². The fraction of sp³-hybridized carbons (Fsp3) is 0.286. The zero-order valence-electron chi connectivity index (χ0n) is 21.4. The minimum absolute atomic E-state index is 0.0507. The van der Waals surface area contributed by atoms with Gasteiger partial charge in [0.2, 0.25) is 0 Å². The third kappa shape index (κ3) is 6.25. The van der Waals surface area contributed by atoms with Crippen LogP contribution < -0.4 is 26.6 Å². The number of benzene rings is 2. The standard InChI is InChI=1S/C28H33FN6O2/c1-18(30)16-35(31)25-6-7-26(37-3)27(29)24(25)15-33-28(36)22-12-20(13-32-14-22)10-19-4-5-21-8-9-34(2)17-23(21)11-19/h4-7,11-14,16H,8-10,15,17,30-31H2,1-3H3,(H,33,36)/b18-16-. The fourth-order valence-electron chi connectivity index (χ4n) is 4.52. The molecule has 0 fully saturated rings. The molecule has 5 N–H and O–H groups in total. The number of carbonyl (C=O) groups excluding carboxylic acids is 1. The number of methoxy groups -OCH3 is 1. The first-order chi connectivity index (χ1) is 17.7. The number of hydrazine groups is 1. The monoisotopic (exact) mass is 504 g/mol. The smallest absolute Gasteiger partial charge is 0.253 e. The van der Waals surface area contributed by atoms with Crippen LogP contribution in [-0.2, 0) is 25.9 Å². The van der Waals surface area contributed by atoms with Crippen molar-refractivity contribution in [1.82, 2.24) is 15.2 Å². The lowest BCUT2D eigenvalue weighted by Crippen LogP contribution is -2.30. The third-order valence-electron chi connectivity index (χ3n) is 6.39. The number of anilines is 1. The summed E-state index contributed by atoms with van der Waals surface area (Å²) in [6.45, 7) is 3.57. The van der Waals surface area contributed by atoms with Gasteiger partial charge in [-0.05, 0) is 67.3 Å². The maximum Gasteiger partial charge on any atom is 0.253 e. The number of rotatable bonds is 8. The average Bonchev–Trinajstić information content (AvgIpc) is 2.87. The van der Waals surface area contributed by atoms with Crippen LogP contribution in [0.3, 0.4) is 0 Å². The van der Waals surface area contributed by atoms with Gasteiger partial charge < -0.3 is 20.7 Å². The summed E-state index contributed by atoms with van der Waals surface area (Å²) in [6, 6.07) is 11.5. The van der Waals surface area contributed by atoms with Gasteiger partial charge in [-0.15, -0.1) is 0 Å². The summed E-state index contributed by atoms with van der Waals surface area (Å²) < 4.78 is 20.2. The molecule has 2 aromatic carbocycles. The molecule has 9 heteroatoms. The third-order valence-corrected chi connectivity index (χ3v) is 6.39. The van der Waals surface area contributed by atoms with Crippen molar-refractivity contribution in [2.75, 3.05) is 25.7 Å². The maximum absolute atomic E-state index is 15.1. The van der Waals surface area contributed by atoms with Crippen molar-refractivity contribution >= 4 is 11.6 Å². The van der Waals surface area contributed by atoms with Crippen LogP contribution in [0.5, 0.6) is 5.75 Å². The second kappa shape index (κ2) is 11.4. The number of pyridine rings is 1. The number of ether oxygens (including phenoxy) is 1. The molecular weight excluding hydrogens is 471 g/mol. The number of aromatic nitrogens is 1. The van der Waals surface area contributed by atoms with Crippen LogP contribution in [0.4, 0.5) is 10.1 Å². The van der Waals surface area contributed by atoms with Gasteiger partial charge in [-0.25, -0.2) is 10.2 Å². The van der Waals surface area contributed by atoms with Gasteiger partial charge in [0.05, 0.1) is 18.4 Å². The molecule has 0 atom stereocenters. The molecule has 2 heterocycles. The van der Waals surface area contributed by atoms with E-state index < -0.39 is 5.82 Å². The minimum atomic E-state index is -0.608. The molecule has 194 valence electrons. The zero-order valence-corrected chi connectivity index (χ0v) is 21.4. The summed E-state index contributed by atoms with van der Waals surface area (Å²) in [6.07, 6.45) is 6.45. The van der Waals surface area contributed by atoms with Crippen molar-refractivity contribution < 1.29 is 13.9 Å². The predicted octanol–water partition coefficient (Wildman–Crippen LogP) is 3.24. The summed E-state index contributed by atoms with van der Waals surface area (Å²) in [5.74, 6) is 5.13. The van der Waals surface area contributed by atoms with Gasteiger partial charge in [-0.1, -0.05) is 18.2 Å². The minimum Gasteiger partial charge on any atom is -0.494 e. The Kier molecular flexibility index (Phi) is 8.05. The highest BCUT2D eigenvalue weighted by molar-refractivity contribution is 5.94. The molecule has 1 aliphatic heterocycles. The number of nitrogens with two attached hydrogens (primary N) is 2. The summed E-state index contributed by atoms with van der Waals surface area (Å²) >= 11 is 0. The van der Waals surface area contributed by atoms with E-state index in [1.54, 1.807) is 19.2 Å². The normalized spacial score (nSPS) is 13.7. The number of nitrogens with zero attached hydrogens (tertiary/aromatic N) is 3. The van der Waals surface area contributed by atoms with E-state index in [0.29, 0.717) is 23.4 Å². The van der Waals surface area contributed by atoms with Crippen molar-refractivity contribution in [3.63, 3.8) is 0 Å². The van der Waals surface area contributed by atoms with Crippen molar-refractivity contribution in [2.45, 2.75) is 32.9 Å². The molecule has 37 heavy (non-hydrogen) atoms. The summed E-state index contributed by atoms with van der Waals surface area (Å²) in [5.41, 5.74) is 11.9. The molecule has 0 unspecified atom stereocenters. The van der Waals surface area contributed by atoms with Crippen molar-refractivity contribution in [3.05, 3.63) is 99.9 Å². The number of nitrogens with one attached hydrogen (secondary N) is 1. The van der Waals surface area contributed by atoms with Gasteiger partial charge in [-0.2, -0.15) is 0 Å². The molecule has 0 saturated carbocycles. The van der Waals surface area contributed by atoms with Crippen LogP contribution in [0.2, 0.25) is 0 Å². The number of likely N-dealkylation sites (N-methyl/N-ethyl adjacent to an activating group) is 1. The molecule has 3 aromatic rings. The number of allylic oxidation sites excluding steroid dienone is 1. The summed E-state index contributed by atoms with van der Waals surface area (Å²) in [4.78, 5) is 19.6. The molecule has 0 radical (unpaired) electrons. The Hall–Kier alpha value is -3.95. The number of hydrogen-bond acceptors (Lipinski definition) is 7. The first-order valence-corrected chi connectivity index (χ1v) is 12.1. The van der Waals surface area contributed by atoms with E-state index in [2.05, 4.69) is 40.4 Å². The van der Waals surface area contributed by atoms with E-state index in [-0.39, 0.29) is 23.8 Å². The van der Waals surface area contributed by atoms with Gasteiger partial charge >= 0.3 is 0 Å². The molecule has 1 aliphatic rings. The molecule has 0 aliphatic carbocycles. The van der Waals surface area contributed by atoms with Crippen molar-refractivity contribution in [3.8, 4) is 5.75 Å². The Labute approximate surface area is 216 Å². The van der Waals surface area contributed by atoms with E-state index in [4.69, 9.17) is 16.3 Å². The van der Waals surface area contributed by atoms with Gasteiger partial charge in [-0.3, -0.25) is 14.8 Å². The highest BCUT2D eigenvalue weighted by Crippen LogP contribution is 2.29. The topological polar surface area (TPSA) is 110 Å². The van der Waals surface area contributed by atoms with Gasteiger partial charge in [0, 0.05) is 49.5 Å². The zero-order chi connectivity index (χ0) is 26.5. The first-order valence-electron chi connectivity index (χ1n) is 12.1. The van der Waals surface area contributed by atoms with Crippen molar-refractivity contribution in [2.24, 2.45) is 11.6 Å². The SMILES string of the molecule is COc1ccc(N(N)/C=C(/C)N)c(CNC(=O)c2cncc(Cc3ccc4c(c3)CN(C)CC4)c2)c1F. The molecule has 0 saturated heterocycles. The molecule has 0 spiro atoms. The molecule has 4 rings (SSSR count). The summed E-state index contributed by atoms with van der Waals surface area (Å²) in [5, 5.41) is 4.00. The predicted molar refractivity (Wildman–Crippen MR) is 142 cm³/mol. The fourth-order valence-corrected chi connectivity index (χ4v) is 4.52. The molecule has 1 aromatic heterocycles. The summed E-state index contributed by atoms with van der Waals surface area (Å²) in [7, 11) is 3.51. The number of hydrogen-bond donors (Lipinski definition) is 3. The first kappa shape index (κ1) is 26.1. The van der Waals surface area contributed by atoms with E-state index in [1.165, 1.54) is 47.3 Å². The Balaban J connectivity index is 1.50. The molecule has 0 bridgehead atoms.